The van der Waals surface area contributed by atoms with Gasteiger partial charge in [0.25, 0.3) is 0 Å². The summed E-state index contributed by atoms with van der Waals surface area (Å²) >= 11 is 5.80. The maximum Gasteiger partial charge on any atom is 0.0998 e. The van der Waals surface area contributed by atoms with Gasteiger partial charge in [0.15, 0.2) is 0 Å². The molecule has 0 atom stereocenters. The van der Waals surface area contributed by atoms with Crippen LogP contribution in [0.4, 0.5) is 0 Å². The molecule has 0 heterocycles. The number of allylic oxidation sites excluding steroid dienone is 1. The van der Waals surface area contributed by atoms with Crippen LogP contribution in [0.3, 0.4) is 0 Å². The minimum Gasteiger partial charge on any atom is -0.545 e. The molecule has 3 nitrogen and oxygen atoms in total. The van der Waals surface area contributed by atoms with Gasteiger partial charge < -0.3 is 9.90 Å². The zero-order chi connectivity index (χ0) is 14.5. The van der Waals surface area contributed by atoms with Crippen molar-refractivity contribution < 1.29 is 9.90 Å². The summed E-state index contributed by atoms with van der Waals surface area (Å²) in [6.45, 7) is 0. The first-order valence-electron chi connectivity index (χ1n) is 5.79. The number of carbonyl (C=O) groups excluding carboxylic acids is 1. The van der Waals surface area contributed by atoms with E-state index >= 15 is 0 Å². The third-order valence-corrected chi connectivity index (χ3v) is 2.99. The lowest BCUT2D eigenvalue weighted by Crippen LogP contribution is -2.21. The van der Waals surface area contributed by atoms with E-state index in [0.29, 0.717) is 10.6 Å². The minimum absolute atomic E-state index is 0.104. The van der Waals surface area contributed by atoms with Gasteiger partial charge in [-0.1, -0.05) is 48.0 Å². The predicted molar refractivity (Wildman–Crippen MR) is 75.7 cm³/mol. The predicted octanol–water partition coefficient (Wildman–Crippen LogP) is 2.77. The number of aromatic carboxylic acids is 1. The Morgan fingerprint density at radius 1 is 1.05 bits per heavy atom. The van der Waals surface area contributed by atoms with Gasteiger partial charge in [0.05, 0.1) is 17.6 Å². The Morgan fingerprint density at radius 3 is 2.10 bits per heavy atom. The Labute approximate surface area is 121 Å². The molecule has 0 aliphatic rings. The molecule has 0 spiro atoms. The molecule has 2 aromatic carbocycles. The molecule has 0 unspecified atom stereocenters. The molecule has 0 N–H and O–H groups in total. The summed E-state index contributed by atoms with van der Waals surface area (Å²) in [4.78, 5) is 10.7. The number of benzene rings is 2. The molecular weight excluding hydrogens is 274 g/mol. The zero-order valence-corrected chi connectivity index (χ0v) is 11.1. The number of hydrogen-bond donors (Lipinski definition) is 0. The molecule has 0 saturated heterocycles. The number of carbonyl (C=O) groups is 1. The van der Waals surface area contributed by atoms with Crippen molar-refractivity contribution in [1.82, 2.24) is 0 Å². The second-order valence-electron chi connectivity index (χ2n) is 4.09. The molecule has 0 bridgehead atoms. The standard InChI is InChI=1S/C16H10ClNO2/c17-15-7-5-12(6-8-15)14(10-18)9-11-1-3-13(4-2-11)16(19)20/h1-9H,(H,19,20)/p-1/b14-9-. The van der Waals surface area contributed by atoms with E-state index in [1.807, 2.05) is 0 Å². The first kappa shape index (κ1) is 13.9. The molecule has 2 rings (SSSR count). The molecule has 0 aliphatic heterocycles. The maximum atomic E-state index is 10.7. The highest BCUT2D eigenvalue weighted by molar-refractivity contribution is 6.30. The molecule has 0 amide bonds. The van der Waals surface area contributed by atoms with Crippen molar-refractivity contribution in [3.05, 3.63) is 70.2 Å². The highest BCUT2D eigenvalue weighted by Crippen LogP contribution is 2.20. The summed E-state index contributed by atoms with van der Waals surface area (Å²) in [5.74, 6) is -1.22. The average molecular weight is 283 g/mol. The van der Waals surface area contributed by atoms with Gasteiger partial charge in [-0.15, -0.1) is 0 Å². The van der Waals surface area contributed by atoms with Gasteiger partial charge in [-0.05, 0) is 34.9 Å². The van der Waals surface area contributed by atoms with E-state index in [2.05, 4.69) is 6.07 Å². The third kappa shape index (κ3) is 3.25. The highest BCUT2D eigenvalue weighted by atomic mass is 35.5. The van der Waals surface area contributed by atoms with Gasteiger partial charge in [0.2, 0.25) is 0 Å². The van der Waals surface area contributed by atoms with Crippen LogP contribution >= 0.6 is 11.6 Å². The summed E-state index contributed by atoms with van der Waals surface area (Å²) in [6, 6.07) is 15.2. The van der Waals surface area contributed by atoms with Crippen molar-refractivity contribution in [3.63, 3.8) is 0 Å². The number of nitriles is 1. The van der Waals surface area contributed by atoms with E-state index in [4.69, 9.17) is 11.6 Å². The molecule has 0 aromatic heterocycles. The van der Waals surface area contributed by atoms with Crippen LogP contribution in [0.15, 0.2) is 48.5 Å². The summed E-state index contributed by atoms with van der Waals surface area (Å²) < 4.78 is 0. The maximum absolute atomic E-state index is 10.7. The van der Waals surface area contributed by atoms with E-state index in [1.165, 1.54) is 12.1 Å². The number of rotatable bonds is 3. The van der Waals surface area contributed by atoms with E-state index in [-0.39, 0.29) is 5.56 Å². The van der Waals surface area contributed by atoms with Crippen LogP contribution in [0.5, 0.6) is 0 Å². The van der Waals surface area contributed by atoms with Crippen molar-refractivity contribution >= 4 is 29.2 Å². The fourth-order valence-electron chi connectivity index (χ4n) is 1.69. The van der Waals surface area contributed by atoms with Gasteiger partial charge in [-0.2, -0.15) is 5.26 Å². The number of carboxylic acids is 1. The van der Waals surface area contributed by atoms with Gasteiger partial charge in [0, 0.05) is 5.02 Å². The van der Waals surface area contributed by atoms with E-state index in [9.17, 15) is 15.2 Å². The molecule has 0 aliphatic carbocycles. The lowest BCUT2D eigenvalue weighted by Gasteiger charge is -2.03. The SMILES string of the molecule is N#C/C(=C/c1ccc(C(=O)[O-])cc1)c1ccc(Cl)cc1. The molecule has 98 valence electrons. The third-order valence-electron chi connectivity index (χ3n) is 2.73. The highest BCUT2D eigenvalue weighted by Gasteiger charge is 2.01. The second-order valence-corrected chi connectivity index (χ2v) is 4.52. The lowest BCUT2D eigenvalue weighted by atomic mass is 10.0. The molecule has 20 heavy (non-hydrogen) atoms. The topological polar surface area (TPSA) is 63.9 Å². The zero-order valence-electron chi connectivity index (χ0n) is 10.3. The van der Waals surface area contributed by atoms with Gasteiger partial charge in [-0.25, -0.2) is 0 Å². The Hall–Kier alpha value is -2.57. The van der Waals surface area contributed by atoms with Gasteiger partial charge >= 0.3 is 0 Å². The normalized spacial score (nSPS) is 10.9. The first-order chi connectivity index (χ1) is 9.60. The molecule has 0 fully saturated rings. The van der Waals surface area contributed by atoms with Crippen LogP contribution < -0.4 is 5.11 Å². The van der Waals surface area contributed by atoms with Crippen molar-refractivity contribution in [2.24, 2.45) is 0 Å². The Bertz CT molecular complexity index is 695. The van der Waals surface area contributed by atoms with Crippen LogP contribution in [0, 0.1) is 11.3 Å². The van der Waals surface area contributed by atoms with Crippen LogP contribution in [-0.2, 0) is 0 Å². The first-order valence-corrected chi connectivity index (χ1v) is 6.17. The van der Waals surface area contributed by atoms with Crippen molar-refractivity contribution in [2.45, 2.75) is 0 Å². The summed E-state index contributed by atoms with van der Waals surface area (Å²) in [5, 5.41) is 20.5. The van der Waals surface area contributed by atoms with Gasteiger partial charge in [0.1, 0.15) is 0 Å². The van der Waals surface area contributed by atoms with Crippen molar-refractivity contribution in [3.8, 4) is 6.07 Å². The Morgan fingerprint density at radius 2 is 1.60 bits per heavy atom. The van der Waals surface area contributed by atoms with E-state index < -0.39 is 5.97 Å². The molecule has 0 radical (unpaired) electrons. The molecule has 4 heteroatoms. The Kier molecular flexibility index (Phi) is 4.19. The van der Waals surface area contributed by atoms with Crippen molar-refractivity contribution in [2.75, 3.05) is 0 Å². The Balaban J connectivity index is 2.34. The number of hydrogen-bond acceptors (Lipinski definition) is 3. The number of nitrogens with zero attached hydrogens (tertiary/aromatic N) is 1. The fourth-order valence-corrected chi connectivity index (χ4v) is 1.82. The van der Waals surface area contributed by atoms with E-state index in [1.54, 1.807) is 42.5 Å². The van der Waals surface area contributed by atoms with Crippen LogP contribution in [0.1, 0.15) is 21.5 Å². The van der Waals surface area contributed by atoms with Crippen molar-refractivity contribution in [1.29, 1.82) is 5.26 Å². The molecular formula is C16H9ClNO2-. The van der Waals surface area contributed by atoms with E-state index in [0.717, 1.165) is 11.1 Å². The molecule has 0 saturated carbocycles. The average Bonchev–Trinajstić information content (AvgIpc) is 2.46. The lowest BCUT2D eigenvalue weighted by molar-refractivity contribution is -0.255. The minimum atomic E-state index is -1.22. The van der Waals surface area contributed by atoms with Crippen LogP contribution in [0.25, 0.3) is 11.6 Å². The second kappa shape index (κ2) is 6.05. The quantitative estimate of drug-likeness (QED) is 0.642. The largest absolute Gasteiger partial charge is 0.545 e. The smallest absolute Gasteiger partial charge is 0.0998 e. The summed E-state index contributed by atoms with van der Waals surface area (Å²) in [5.41, 5.74) is 2.07. The van der Waals surface area contributed by atoms with Gasteiger partial charge in [-0.3, -0.25) is 0 Å². The summed E-state index contributed by atoms with van der Waals surface area (Å²) in [6.07, 6.45) is 1.68. The van der Waals surface area contributed by atoms with Crippen LogP contribution in [-0.4, -0.2) is 5.97 Å². The fraction of sp³-hybridized carbons (Fsp3) is 0. The monoisotopic (exact) mass is 282 g/mol. The molecule has 2 aromatic rings. The summed E-state index contributed by atoms with van der Waals surface area (Å²) in [7, 11) is 0. The number of carboxylic acid groups (broad SMARTS) is 1. The number of halogens is 1. The van der Waals surface area contributed by atoms with Crippen LogP contribution in [0.2, 0.25) is 5.02 Å².